The molecule has 0 saturated heterocycles. The van der Waals surface area contributed by atoms with Gasteiger partial charge in [0.2, 0.25) is 0 Å². The molecule has 3 aromatic carbocycles. The van der Waals surface area contributed by atoms with Gasteiger partial charge in [0.05, 0.1) is 6.04 Å². The molecule has 0 aromatic heterocycles. The molecule has 3 rings (SSSR count). The van der Waals surface area contributed by atoms with Gasteiger partial charge < -0.3 is 5.73 Å². The van der Waals surface area contributed by atoms with Gasteiger partial charge in [0.15, 0.2) is 0 Å². The quantitative estimate of drug-likeness (QED) is 0.722. The maximum Gasteiger partial charge on any atom is 0.0551 e. The van der Waals surface area contributed by atoms with Gasteiger partial charge in [0, 0.05) is 0 Å². The summed E-state index contributed by atoms with van der Waals surface area (Å²) in [4.78, 5) is 0. The van der Waals surface area contributed by atoms with Crippen molar-refractivity contribution in [3.63, 3.8) is 0 Å². The lowest BCUT2D eigenvalue weighted by Crippen LogP contribution is -2.12. The summed E-state index contributed by atoms with van der Waals surface area (Å²) in [5.41, 5.74) is 11.4. The summed E-state index contributed by atoms with van der Waals surface area (Å²) in [5, 5.41) is 2.49. The highest BCUT2D eigenvalue weighted by atomic mass is 14.6. The van der Waals surface area contributed by atoms with E-state index in [2.05, 4.69) is 74.5 Å². The number of benzene rings is 3. The summed E-state index contributed by atoms with van der Waals surface area (Å²) < 4.78 is 0. The van der Waals surface area contributed by atoms with Crippen molar-refractivity contribution < 1.29 is 0 Å². The van der Waals surface area contributed by atoms with Crippen LogP contribution >= 0.6 is 0 Å². The standard InChI is InChI=1S/C19H19N/c1-13-7-8-17(11-14(13)2)19(20)18-10-9-15-5-3-4-6-16(15)12-18/h3-12,19H,20H2,1-2H3. The van der Waals surface area contributed by atoms with Gasteiger partial charge in [-0.1, -0.05) is 54.6 Å². The summed E-state index contributed by atoms with van der Waals surface area (Å²) in [6.07, 6.45) is 0. The van der Waals surface area contributed by atoms with E-state index in [9.17, 15) is 0 Å². The zero-order chi connectivity index (χ0) is 14.1. The summed E-state index contributed by atoms with van der Waals surface area (Å²) in [6, 6.07) is 21.2. The first-order valence-corrected chi connectivity index (χ1v) is 6.96. The Bertz CT molecular complexity index is 759. The molecule has 100 valence electrons. The molecule has 1 atom stereocenters. The maximum absolute atomic E-state index is 6.43. The van der Waals surface area contributed by atoms with Crippen LogP contribution in [0.25, 0.3) is 10.8 Å². The molecular weight excluding hydrogens is 242 g/mol. The lowest BCUT2D eigenvalue weighted by molar-refractivity contribution is 0.870. The number of hydrogen-bond acceptors (Lipinski definition) is 1. The predicted molar refractivity (Wildman–Crippen MR) is 85.9 cm³/mol. The number of nitrogens with two attached hydrogens (primary N) is 1. The summed E-state index contributed by atoms with van der Waals surface area (Å²) in [5.74, 6) is 0. The van der Waals surface area contributed by atoms with Crippen molar-refractivity contribution in [3.8, 4) is 0 Å². The lowest BCUT2D eigenvalue weighted by Gasteiger charge is -2.15. The van der Waals surface area contributed by atoms with Crippen LogP contribution in [-0.2, 0) is 0 Å². The molecule has 0 heterocycles. The van der Waals surface area contributed by atoms with Crippen molar-refractivity contribution in [2.75, 3.05) is 0 Å². The van der Waals surface area contributed by atoms with Crippen molar-refractivity contribution >= 4 is 10.8 Å². The average molecular weight is 261 g/mol. The van der Waals surface area contributed by atoms with E-state index < -0.39 is 0 Å². The third-order valence-corrected chi connectivity index (χ3v) is 4.02. The second-order valence-corrected chi connectivity index (χ2v) is 5.43. The van der Waals surface area contributed by atoms with Crippen LogP contribution in [0.3, 0.4) is 0 Å². The molecule has 0 aliphatic rings. The van der Waals surface area contributed by atoms with E-state index in [-0.39, 0.29) is 6.04 Å². The van der Waals surface area contributed by atoms with Gasteiger partial charge >= 0.3 is 0 Å². The average Bonchev–Trinajstić information content (AvgIpc) is 2.49. The number of hydrogen-bond donors (Lipinski definition) is 1. The first-order chi connectivity index (χ1) is 9.65. The molecule has 3 aromatic rings. The molecule has 0 fully saturated rings. The maximum atomic E-state index is 6.43. The smallest absolute Gasteiger partial charge is 0.0551 e. The Hall–Kier alpha value is -2.12. The van der Waals surface area contributed by atoms with Crippen LogP contribution in [0.5, 0.6) is 0 Å². The van der Waals surface area contributed by atoms with Gasteiger partial charge in [0.1, 0.15) is 0 Å². The Morgan fingerprint density at radius 3 is 2.10 bits per heavy atom. The molecule has 0 bridgehead atoms. The molecule has 2 N–H and O–H groups in total. The topological polar surface area (TPSA) is 26.0 Å². The number of fused-ring (bicyclic) bond motifs is 1. The minimum absolute atomic E-state index is 0.0705. The number of rotatable bonds is 2. The van der Waals surface area contributed by atoms with Gasteiger partial charge in [-0.15, -0.1) is 0 Å². The highest BCUT2D eigenvalue weighted by Gasteiger charge is 2.10. The van der Waals surface area contributed by atoms with Crippen LogP contribution in [0.2, 0.25) is 0 Å². The second kappa shape index (κ2) is 5.10. The van der Waals surface area contributed by atoms with Crippen molar-refractivity contribution in [3.05, 3.63) is 82.9 Å². The molecule has 0 saturated carbocycles. The third-order valence-electron chi connectivity index (χ3n) is 4.02. The van der Waals surface area contributed by atoms with Crippen LogP contribution in [0, 0.1) is 13.8 Å². The molecule has 20 heavy (non-hydrogen) atoms. The van der Waals surface area contributed by atoms with E-state index in [1.165, 1.54) is 27.5 Å². The van der Waals surface area contributed by atoms with Crippen molar-refractivity contribution in [2.24, 2.45) is 5.73 Å². The first kappa shape index (κ1) is 12.9. The molecular formula is C19H19N. The fourth-order valence-corrected chi connectivity index (χ4v) is 2.55. The van der Waals surface area contributed by atoms with Gasteiger partial charge in [0.25, 0.3) is 0 Å². The molecule has 0 aliphatic heterocycles. The van der Waals surface area contributed by atoms with Crippen LogP contribution in [0.4, 0.5) is 0 Å². The van der Waals surface area contributed by atoms with Gasteiger partial charge in [-0.3, -0.25) is 0 Å². The van der Waals surface area contributed by atoms with Crippen LogP contribution < -0.4 is 5.73 Å². The largest absolute Gasteiger partial charge is 0.320 e. The van der Waals surface area contributed by atoms with Crippen LogP contribution in [0.15, 0.2) is 60.7 Å². The predicted octanol–water partition coefficient (Wildman–Crippen LogP) is 4.50. The molecule has 0 aliphatic carbocycles. The van der Waals surface area contributed by atoms with E-state index in [4.69, 9.17) is 5.73 Å². The summed E-state index contributed by atoms with van der Waals surface area (Å²) >= 11 is 0. The highest BCUT2D eigenvalue weighted by Crippen LogP contribution is 2.25. The Labute approximate surface area is 120 Å². The van der Waals surface area contributed by atoms with Crippen molar-refractivity contribution in [1.29, 1.82) is 0 Å². The van der Waals surface area contributed by atoms with E-state index in [0.717, 1.165) is 5.56 Å². The van der Waals surface area contributed by atoms with Gasteiger partial charge in [-0.05, 0) is 52.9 Å². The van der Waals surface area contributed by atoms with Crippen molar-refractivity contribution in [1.82, 2.24) is 0 Å². The second-order valence-electron chi connectivity index (χ2n) is 5.43. The first-order valence-electron chi connectivity index (χ1n) is 6.96. The Morgan fingerprint density at radius 2 is 1.35 bits per heavy atom. The summed E-state index contributed by atoms with van der Waals surface area (Å²) in [7, 11) is 0. The molecule has 0 radical (unpaired) electrons. The molecule has 1 nitrogen and oxygen atoms in total. The van der Waals surface area contributed by atoms with E-state index >= 15 is 0 Å². The van der Waals surface area contributed by atoms with Crippen molar-refractivity contribution in [2.45, 2.75) is 19.9 Å². The minimum Gasteiger partial charge on any atom is -0.320 e. The molecule has 0 spiro atoms. The molecule has 0 amide bonds. The monoisotopic (exact) mass is 261 g/mol. The summed E-state index contributed by atoms with van der Waals surface area (Å²) in [6.45, 7) is 4.26. The van der Waals surface area contributed by atoms with Gasteiger partial charge in [-0.25, -0.2) is 0 Å². The molecule has 1 unspecified atom stereocenters. The Morgan fingerprint density at radius 1 is 0.700 bits per heavy atom. The van der Waals surface area contributed by atoms with Gasteiger partial charge in [-0.2, -0.15) is 0 Å². The van der Waals surface area contributed by atoms with E-state index in [0.29, 0.717) is 0 Å². The SMILES string of the molecule is Cc1ccc(C(N)c2ccc3ccccc3c2)cc1C. The van der Waals surface area contributed by atoms with E-state index in [1.807, 2.05) is 0 Å². The third kappa shape index (κ3) is 2.33. The Kier molecular flexibility index (Phi) is 3.29. The van der Waals surface area contributed by atoms with Crippen LogP contribution in [-0.4, -0.2) is 0 Å². The van der Waals surface area contributed by atoms with E-state index in [1.54, 1.807) is 0 Å². The highest BCUT2D eigenvalue weighted by molar-refractivity contribution is 5.83. The van der Waals surface area contributed by atoms with Crippen LogP contribution in [0.1, 0.15) is 28.3 Å². The lowest BCUT2D eigenvalue weighted by atomic mass is 9.95. The molecule has 1 heteroatoms. The zero-order valence-corrected chi connectivity index (χ0v) is 11.9. The number of aryl methyl sites for hydroxylation is 2. The normalized spacial score (nSPS) is 12.6. The zero-order valence-electron chi connectivity index (χ0n) is 11.9. The minimum atomic E-state index is -0.0705. The fourth-order valence-electron chi connectivity index (χ4n) is 2.55. The Balaban J connectivity index is 2.02. The fraction of sp³-hybridized carbons (Fsp3) is 0.158.